The Morgan fingerprint density at radius 3 is 2.59 bits per heavy atom. The Balaban J connectivity index is 1.69. The summed E-state index contributed by atoms with van der Waals surface area (Å²) < 4.78 is 42.9. The number of esters is 1. The van der Waals surface area contributed by atoms with Gasteiger partial charge in [0.25, 0.3) is 5.91 Å². The second kappa shape index (κ2) is 8.24. The Morgan fingerprint density at radius 1 is 1.26 bits per heavy atom. The third kappa shape index (κ3) is 4.96. The molecule has 0 spiro atoms. The van der Waals surface area contributed by atoms with Gasteiger partial charge in [0.2, 0.25) is 10.0 Å². The molecule has 148 valence electrons. The summed E-state index contributed by atoms with van der Waals surface area (Å²) in [6.07, 6.45) is 1.57. The van der Waals surface area contributed by atoms with Crippen molar-refractivity contribution in [2.45, 2.75) is 23.8 Å². The van der Waals surface area contributed by atoms with Crippen LogP contribution in [-0.2, 0) is 24.3 Å². The number of nitrogens with one attached hydrogen (secondary N) is 1. The zero-order valence-electron chi connectivity index (χ0n) is 15.0. The number of hydrogen-bond acceptors (Lipinski definition) is 7. The molecule has 1 aromatic carbocycles. The molecule has 1 aliphatic carbocycles. The molecule has 1 heterocycles. The topological polar surface area (TPSA) is 111 Å². The Morgan fingerprint density at radius 2 is 1.96 bits per heavy atom. The Hall–Kier alpha value is -2.17. The molecule has 10 heteroatoms. The highest BCUT2D eigenvalue weighted by Crippen LogP contribution is 2.28. The molecule has 1 aromatic rings. The fourth-order valence-corrected chi connectivity index (χ4v) is 4.11. The SMILES string of the molecule is COc1ccc(C(=O)OCC(=O)N2CCOCC2)cc1S(=O)(=O)NC1CC1. The number of methoxy groups -OCH3 is 1. The van der Waals surface area contributed by atoms with Gasteiger partial charge in [-0.25, -0.2) is 17.9 Å². The van der Waals surface area contributed by atoms with Gasteiger partial charge in [0.05, 0.1) is 25.9 Å². The molecular formula is C17H22N2O7S. The molecular weight excluding hydrogens is 376 g/mol. The van der Waals surface area contributed by atoms with Crippen LogP contribution < -0.4 is 9.46 Å². The number of amides is 1. The van der Waals surface area contributed by atoms with E-state index in [0.29, 0.717) is 26.3 Å². The third-order valence-corrected chi connectivity index (χ3v) is 5.82. The van der Waals surface area contributed by atoms with Crippen molar-refractivity contribution in [1.29, 1.82) is 0 Å². The van der Waals surface area contributed by atoms with Crippen molar-refractivity contribution in [3.63, 3.8) is 0 Å². The Kier molecular flexibility index (Phi) is 5.98. The zero-order valence-corrected chi connectivity index (χ0v) is 15.8. The normalized spacial score (nSPS) is 17.4. The number of ether oxygens (including phenoxy) is 3. The highest BCUT2D eigenvalue weighted by atomic mass is 32.2. The van der Waals surface area contributed by atoms with Gasteiger partial charge >= 0.3 is 5.97 Å². The van der Waals surface area contributed by atoms with Gasteiger partial charge in [-0.15, -0.1) is 0 Å². The van der Waals surface area contributed by atoms with Crippen molar-refractivity contribution < 1.29 is 32.2 Å². The van der Waals surface area contributed by atoms with Gasteiger partial charge in [-0.2, -0.15) is 0 Å². The summed E-state index contributed by atoms with van der Waals surface area (Å²) in [4.78, 5) is 25.7. The van der Waals surface area contributed by atoms with E-state index in [1.165, 1.54) is 25.3 Å². The maximum absolute atomic E-state index is 12.5. The van der Waals surface area contributed by atoms with Crippen LogP contribution in [0.15, 0.2) is 23.1 Å². The van der Waals surface area contributed by atoms with E-state index < -0.39 is 22.6 Å². The van der Waals surface area contributed by atoms with Crippen molar-refractivity contribution in [2.24, 2.45) is 0 Å². The second-order valence-corrected chi connectivity index (χ2v) is 8.01. The van der Waals surface area contributed by atoms with Crippen LogP contribution in [0.25, 0.3) is 0 Å². The second-order valence-electron chi connectivity index (χ2n) is 6.33. The zero-order chi connectivity index (χ0) is 19.4. The lowest BCUT2D eigenvalue weighted by Gasteiger charge is -2.26. The van der Waals surface area contributed by atoms with E-state index in [1.54, 1.807) is 4.90 Å². The largest absolute Gasteiger partial charge is 0.495 e. The quantitative estimate of drug-likeness (QED) is 0.651. The first-order valence-electron chi connectivity index (χ1n) is 8.64. The predicted molar refractivity (Wildman–Crippen MR) is 94.0 cm³/mol. The molecule has 3 rings (SSSR count). The lowest BCUT2D eigenvalue weighted by molar-refractivity contribution is -0.138. The van der Waals surface area contributed by atoms with E-state index in [9.17, 15) is 18.0 Å². The first kappa shape index (κ1) is 19.6. The summed E-state index contributed by atoms with van der Waals surface area (Å²) in [5.41, 5.74) is 0.0294. The van der Waals surface area contributed by atoms with Crippen LogP contribution in [0, 0.1) is 0 Å². The molecule has 9 nitrogen and oxygen atoms in total. The Bertz CT molecular complexity index is 815. The van der Waals surface area contributed by atoms with E-state index in [-0.39, 0.29) is 28.2 Å². The number of rotatable bonds is 7. The van der Waals surface area contributed by atoms with Gasteiger partial charge in [-0.3, -0.25) is 4.79 Å². The van der Waals surface area contributed by atoms with Crippen LogP contribution >= 0.6 is 0 Å². The van der Waals surface area contributed by atoms with Gasteiger partial charge in [0, 0.05) is 19.1 Å². The number of carbonyl (C=O) groups excluding carboxylic acids is 2. The minimum Gasteiger partial charge on any atom is -0.495 e. The lowest BCUT2D eigenvalue weighted by atomic mass is 10.2. The fraction of sp³-hybridized carbons (Fsp3) is 0.529. The summed E-state index contributed by atoms with van der Waals surface area (Å²) in [6.45, 7) is 1.40. The van der Waals surface area contributed by atoms with Crippen molar-refractivity contribution in [3.8, 4) is 5.75 Å². The van der Waals surface area contributed by atoms with Gasteiger partial charge in [0.1, 0.15) is 10.6 Å². The average Bonchev–Trinajstić information content (AvgIpc) is 3.49. The van der Waals surface area contributed by atoms with E-state index in [1.807, 2.05) is 0 Å². The van der Waals surface area contributed by atoms with E-state index in [0.717, 1.165) is 12.8 Å². The van der Waals surface area contributed by atoms with Crippen LogP contribution in [0.2, 0.25) is 0 Å². The molecule has 0 radical (unpaired) electrons. The van der Waals surface area contributed by atoms with Crippen molar-refractivity contribution in [1.82, 2.24) is 9.62 Å². The van der Waals surface area contributed by atoms with Crippen molar-refractivity contribution in [3.05, 3.63) is 23.8 Å². The molecule has 2 fully saturated rings. The average molecular weight is 398 g/mol. The molecule has 1 saturated carbocycles. The van der Waals surface area contributed by atoms with Crippen LogP contribution in [0.5, 0.6) is 5.75 Å². The van der Waals surface area contributed by atoms with Crippen molar-refractivity contribution >= 4 is 21.9 Å². The van der Waals surface area contributed by atoms with Gasteiger partial charge in [-0.05, 0) is 31.0 Å². The number of sulfonamides is 1. The fourth-order valence-electron chi connectivity index (χ4n) is 2.61. The summed E-state index contributed by atoms with van der Waals surface area (Å²) in [6, 6.07) is 3.91. The molecule has 0 bridgehead atoms. The summed E-state index contributed by atoms with van der Waals surface area (Å²) in [5, 5.41) is 0. The number of nitrogens with zero attached hydrogens (tertiary/aromatic N) is 1. The molecule has 1 aliphatic heterocycles. The summed E-state index contributed by atoms with van der Waals surface area (Å²) in [5.74, 6) is -0.963. The number of hydrogen-bond donors (Lipinski definition) is 1. The summed E-state index contributed by atoms with van der Waals surface area (Å²) >= 11 is 0. The molecule has 2 aliphatic rings. The van der Waals surface area contributed by atoms with E-state index >= 15 is 0 Å². The third-order valence-electron chi connectivity index (χ3n) is 4.28. The van der Waals surface area contributed by atoms with Crippen LogP contribution in [0.4, 0.5) is 0 Å². The molecule has 1 saturated heterocycles. The van der Waals surface area contributed by atoms with Crippen molar-refractivity contribution in [2.75, 3.05) is 40.0 Å². The van der Waals surface area contributed by atoms with E-state index in [4.69, 9.17) is 14.2 Å². The molecule has 1 N–H and O–H groups in total. The molecule has 0 aromatic heterocycles. The highest BCUT2D eigenvalue weighted by molar-refractivity contribution is 7.89. The highest BCUT2D eigenvalue weighted by Gasteiger charge is 2.30. The lowest BCUT2D eigenvalue weighted by Crippen LogP contribution is -2.42. The number of morpholine rings is 1. The van der Waals surface area contributed by atoms with Gasteiger partial charge in [-0.1, -0.05) is 0 Å². The minimum absolute atomic E-state index is 0.0294. The molecule has 0 atom stereocenters. The maximum Gasteiger partial charge on any atom is 0.338 e. The monoisotopic (exact) mass is 398 g/mol. The number of benzene rings is 1. The molecule has 27 heavy (non-hydrogen) atoms. The van der Waals surface area contributed by atoms with Gasteiger partial charge < -0.3 is 19.1 Å². The maximum atomic E-state index is 12.5. The minimum atomic E-state index is -3.82. The molecule has 0 unspecified atom stereocenters. The number of carbonyl (C=O) groups is 2. The standard InChI is InChI=1S/C17H22N2O7S/c1-24-14-5-2-12(10-15(14)27(22,23)18-13-3-4-13)17(21)26-11-16(20)19-6-8-25-9-7-19/h2,5,10,13,18H,3-4,6-9,11H2,1H3. The van der Waals surface area contributed by atoms with Gasteiger partial charge in [0.15, 0.2) is 6.61 Å². The Labute approximate surface area is 157 Å². The smallest absolute Gasteiger partial charge is 0.338 e. The van der Waals surface area contributed by atoms with E-state index in [2.05, 4.69) is 4.72 Å². The first-order chi connectivity index (χ1) is 12.9. The summed E-state index contributed by atoms with van der Waals surface area (Å²) in [7, 11) is -2.46. The van der Waals surface area contributed by atoms with Crippen LogP contribution in [0.3, 0.4) is 0 Å². The van der Waals surface area contributed by atoms with Crippen LogP contribution in [0.1, 0.15) is 23.2 Å². The molecule has 1 amide bonds. The first-order valence-corrected chi connectivity index (χ1v) is 10.1. The predicted octanol–water partition coefficient (Wildman–Crippen LogP) is 0.152. The van der Waals surface area contributed by atoms with Crippen LogP contribution in [-0.4, -0.2) is 71.3 Å².